The van der Waals surface area contributed by atoms with Crippen LogP contribution in [0.1, 0.15) is 18.0 Å². The van der Waals surface area contributed by atoms with Crippen LogP contribution in [0.5, 0.6) is 0 Å². The number of rotatable bonds is 3. The number of hydrogen-bond acceptors (Lipinski definition) is 2. The Balaban J connectivity index is 2.99. The van der Waals surface area contributed by atoms with Gasteiger partial charge < -0.3 is 10.8 Å². The van der Waals surface area contributed by atoms with Crippen molar-refractivity contribution in [2.75, 3.05) is 0 Å². The predicted molar refractivity (Wildman–Crippen MR) is 55.6 cm³/mol. The van der Waals surface area contributed by atoms with Crippen molar-refractivity contribution in [2.45, 2.75) is 12.5 Å². The highest BCUT2D eigenvalue weighted by atomic mass is 35.5. The van der Waals surface area contributed by atoms with Crippen LogP contribution in [0.3, 0.4) is 0 Å². The Morgan fingerprint density at radius 1 is 1.43 bits per heavy atom. The van der Waals surface area contributed by atoms with Crippen LogP contribution in [0.15, 0.2) is 18.2 Å². The van der Waals surface area contributed by atoms with Gasteiger partial charge >= 0.3 is 5.97 Å². The summed E-state index contributed by atoms with van der Waals surface area (Å²) in [7, 11) is 0. The first-order valence-corrected chi connectivity index (χ1v) is 4.69. The number of nitrogens with two attached hydrogens (primary N) is 1. The molecule has 1 rings (SSSR count). The third kappa shape index (κ3) is 2.61. The monoisotopic (exact) mass is 233 g/mol. The number of aliphatic carboxylic acids is 1. The molecule has 3 nitrogen and oxygen atoms in total. The van der Waals surface area contributed by atoms with Crippen molar-refractivity contribution in [3.05, 3.63) is 33.8 Å². The van der Waals surface area contributed by atoms with E-state index in [2.05, 4.69) is 0 Å². The molecular formula is C9H9Cl2NO2. The molecule has 1 aromatic carbocycles. The van der Waals surface area contributed by atoms with Gasteiger partial charge in [-0.1, -0.05) is 29.3 Å². The third-order valence-corrected chi connectivity index (χ3v) is 2.42. The summed E-state index contributed by atoms with van der Waals surface area (Å²) in [5.41, 5.74) is 6.13. The maximum absolute atomic E-state index is 10.4. The fraction of sp³-hybridized carbons (Fsp3) is 0.222. The Labute approximate surface area is 91.4 Å². The van der Waals surface area contributed by atoms with Crippen molar-refractivity contribution in [1.29, 1.82) is 0 Å². The van der Waals surface area contributed by atoms with E-state index in [1.165, 1.54) is 0 Å². The second-order valence-corrected chi connectivity index (χ2v) is 3.65. The van der Waals surface area contributed by atoms with Crippen molar-refractivity contribution < 1.29 is 9.90 Å². The average Bonchev–Trinajstić information content (AvgIpc) is 2.01. The van der Waals surface area contributed by atoms with Crippen LogP contribution < -0.4 is 5.73 Å². The van der Waals surface area contributed by atoms with Gasteiger partial charge in [0, 0.05) is 21.7 Å². The van der Waals surface area contributed by atoms with Crippen molar-refractivity contribution >= 4 is 29.2 Å². The zero-order valence-electron chi connectivity index (χ0n) is 7.21. The van der Waals surface area contributed by atoms with Gasteiger partial charge in [0.25, 0.3) is 0 Å². The van der Waals surface area contributed by atoms with Crippen molar-refractivity contribution in [1.82, 2.24) is 0 Å². The van der Waals surface area contributed by atoms with Crippen LogP contribution in [0.2, 0.25) is 10.0 Å². The van der Waals surface area contributed by atoms with E-state index in [0.29, 0.717) is 15.6 Å². The zero-order valence-corrected chi connectivity index (χ0v) is 8.72. The highest BCUT2D eigenvalue weighted by molar-refractivity contribution is 6.36. The van der Waals surface area contributed by atoms with Crippen LogP contribution in [-0.4, -0.2) is 11.1 Å². The molecule has 14 heavy (non-hydrogen) atoms. The van der Waals surface area contributed by atoms with Crippen LogP contribution >= 0.6 is 23.2 Å². The minimum Gasteiger partial charge on any atom is -0.481 e. The maximum Gasteiger partial charge on any atom is 0.305 e. The number of carboxylic acid groups (broad SMARTS) is 1. The predicted octanol–water partition coefficient (Wildman–Crippen LogP) is 2.47. The molecule has 0 aliphatic rings. The highest BCUT2D eigenvalue weighted by Crippen LogP contribution is 2.30. The van der Waals surface area contributed by atoms with Crippen molar-refractivity contribution in [3.8, 4) is 0 Å². The van der Waals surface area contributed by atoms with Gasteiger partial charge in [-0.3, -0.25) is 4.79 Å². The van der Waals surface area contributed by atoms with E-state index >= 15 is 0 Å². The molecule has 5 heteroatoms. The van der Waals surface area contributed by atoms with Crippen LogP contribution in [0, 0.1) is 0 Å². The van der Waals surface area contributed by atoms with E-state index in [1.54, 1.807) is 18.2 Å². The number of carbonyl (C=O) groups is 1. The molecule has 0 saturated heterocycles. The van der Waals surface area contributed by atoms with E-state index in [-0.39, 0.29) is 6.42 Å². The molecule has 1 aromatic rings. The lowest BCUT2D eigenvalue weighted by Gasteiger charge is -2.12. The molecule has 0 aliphatic heterocycles. The Bertz CT molecular complexity index is 334. The molecular weight excluding hydrogens is 225 g/mol. The Morgan fingerprint density at radius 2 is 1.93 bits per heavy atom. The topological polar surface area (TPSA) is 63.3 Å². The fourth-order valence-electron chi connectivity index (χ4n) is 1.16. The summed E-state index contributed by atoms with van der Waals surface area (Å²) >= 11 is 11.7. The summed E-state index contributed by atoms with van der Waals surface area (Å²) in [6.45, 7) is 0. The lowest BCUT2D eigenvalue weighted by atomic mass is 10.0. The summed E-state index contributed by atoms with van der Waals surface area (Å²) < 4.78 is 0. The molecule has 0 aromatic heterocycles. The van der Waals surface area contributed by atoms with Crippen LogP contribution in [-0.2, 0) is 4.79 Å². The van der Waals surface area contributed by atoms with Crippen LogP contribution in [0.4, 0.5) is 0 Å². The van der Waals surface area contributed by atoms with E-state index in [9.17, 15) is 4.79 Å². The fourth-order valence-corrected chi connectivity index (χ4v) is 1.83. The lowest BCUT2D eigenvalue weighted by molar-refractivity contribution is -0.137. The molecule has 0 spiro atoms. The number of hydrogen-bond donors (Lipinski definition) is 2. The lowest BCUT2D eigenvalue weighted by Crippen LogP contribution is -2.15. The SMILES string of the molecule is NC(CC(=O)O)c1c(Cl)cccc1Cl. The minimum atomic E-state index is -0.978. The molecule has 0 aliphatic carbocycles. The van der Waals surface area contributed by atoms with Gasteiger partial charge in [0.05, 0.1) is 6.42 Å². The molecule has 1 unspecified atom stereocenters. The first-order valence-electron chi connectivity index (χ1n) is 3.93. The summed E-state index contributed by atoms with van der Waals surface area (Å²) in [5, 5.41) is 9.35. The first kappa shape index (κ1) is 11.3. The molecule has 0 heterocycles. The molecule has 1 atom stereocenters. The van der Waals surface area contributed by atoms with Gasteiger partial charge in [-0.2, -0.15) is 0 Å². The summed E-state index contributed by atoms with van der Waals surface area (Å²) in [4.78, 5) is 10.4. The van der Waals surface area contributed by atoms with Gasteiger partial charge in [-0.15, -0.1) is 0 Å². The van der Waals surface area contributed by atoms with Gasteiger partial charge in [0.2, 0.25) is 0 Å². The smallest absolute Gasteiger partial charge is 0.305 e. The van der Waals surface area contributed by atoms with Crippen LogP contribution in [0.25, 0.3) is 0 Å². The second-order valence-electron chi connectivity index (χ2n) is 2.84. The summed E-state index contributed by atoms with van der Waals surface area (Å²) in [6, 6.07) is 4.27. The van der Waals surface area contributed by atoms with Gasteiger partial charge in [-0.25, -0.2) is 0 Å². The maximum atomic E-state index is 10.4. The Morgan fingerprint density at radius 3 is 2.36 bits per heavy atom. The van der Waals surface area contributed by atoms with Crippen molar-refractivity contribution in [3.63, 3.8) is 0 Å². The molecule has 0 amide bonds. The normalized spacial score (nSPS) is 12.5. The second kappa shape index (κ2) is 4.64. The van der Waals surface area contributed by atoms with Crippen molar-refractivity contribution in [2.24, 2.45) is 5.73 Å². The average molecular weight is 234 g/mol. The Kier molecular flexibility index (Phi) is 3.75. The summed E-state index contributed by atoms with van der Waals surface area (Å²) in [5.74, 6) is -0.978. The minimum absolute atomic E-state index is 0.191. The number of benzene rings is 1. The van der Waals surface area contributed by atoms with E-state index in [4.69, 9.17) is 34.0 Å². The van der Waals surface area contributed by atoms with Gasteiger partial charge in [0.1, 0.15) is 0 Å². The van der Waals surface area contributed by atoms with E-state index in [0.717, 1.165) is 0 Å². The molecule has 76 valence electrons. The van der Waals surface area contributed by atoms with Gasteiger partial charge in [-0.05, 0) is 12.1 Å². The molecule has 0 radical (unpaired) electrons. The van der Waals surface area contributed by atoms with E-state index < -0.39 is 12.0 Å². The van der Waals surface area contributed by atoms with E-state index in [1.807, 2.05) is 0 Å². The number of halogens is 2. The zero-order chi connectivity index (χ0) is 10.7. The summed E-state index contributed by atoms with van der Waals surface area (Å²) in [6.07, 6.45) is -0.191. The standard InChI is InChI=1S/C9H9Cl2NO2/c10-5-2-1-3-6(11)9(5)7(12)4-8(13)14/h1-3,7H,4,12H2,(H,13,14). The molecule has 0 saturated carbocycles. The molecule has 0 bridgehead atoms. The van der Waals surface area contributed by atoms with Gasteiger partial charge in [0.15, 0.2) is 0 Å². The molecule has 3 N–H and O–H groups in total. The Hall–Kier alpha value is -0.770. The largest absolute Gasteiger partial charge is 0.481 e. The quantitative estimate of drug-likeness (QED) is 0.844. The number of carboxylic acids is 1. The molecule has 0 fully saturated rings. The highest BCUT2D eigenvalue weighted by Gasteiger charge is 2.16. The third-order valence-electron chi connectivity index (χ3n) is 1.77. The first-order chi connectivity index (χ1) is 6.52.